The molecule has 1 amide bonds. The Labute approximate surface area is 194 Å². The number of hydrogen-bond donors (Lipinski definition) is 1. The van der Waals surface area contributed by atoms with Crippen molar-refractivity contribution in [3.63, 3.8) is 0 Å². The van der Waals surface area contributed by atoms with E-state index in [1.807, 2.05) is 64.4 Å². The lowest BCUT2D eigenvalue weighted by Gasteiger charge is -2.27. The molecule has 2 saturated carbocycles. The van der Waals surface area contributed by atoms with Crippen molar-refractivity contribution in [2.24, 2.45) is 11.8 Å². The molecule has 33 heavy (non-hydrogen) atoms. The van der Waals surface area contributed by atoms with Gasteiger partial charge in [0.25, 0.3) is 5.91 Å². The third-order valence-electron chi connectivity index (χ3n) is 7.34. The van der Waals surface area contributed by atoms with Crippen LogP contribution in [0, 0.1) is 25.7 Å². The SMILES string of the molecule is Cc1cc(N2C(=O)c3c(c(CO)nn3C3C4CC43)[C@H]2c2ccc(Cl)cc2)cn2c(C)nnc12. The van der Waals surface area contributed by atoms with Gasteiger partial charge in [0.2, 0.25) is 0 Å². The van der Waals surface area contributed by atoms with Gasteiger partial charge in [-0.3, -0.25) is 18.8 Å². The Morgan fingerprint density at radius 1 is 1.15 bits per heavy atom. The quantitative estimate of drug-likeness (QED) is 0.502. The van der Waals surface area contributed by atoms with Crippen molar-refractivity contribution >= 4 is 28.8 Å². The Morgan fingerprint density at radius 2 is 1.91 bits per heavy atom. The molecule has 9 heteroatoms. The highest BCUT2D eigenvalue weighted by atomic mass is 35.5. The highest BCUT2D eigenvalue weighted by molar-refractivity contribution is 6.30. The summed E-state index contributed by atoms with van der Waals surface area (Å²) >= 11 is 6.17. The molecule has 0 radical (unpaired) electrons. The summed E-state index contributed by atoms with van der Waals surface area (Å²) in [6.45, 7) is 3.64. The van der Waals surface area contributed by atoms with E-state index in [4.69, 9.17) is 16.7 Å². The first-order chi connectivity index (χ1) is 16.0. The second-order valence-electron chi connectivity index (χ2n) is 9.32. The highest BCUT2D eigenvalue weighted by Gasteiger charge is 2.67. The summed E-state index contributed by atoms with van der Waals surface area (Å²) in [6, 6.07) is 9.36. The number of carbonyl (C=O) groups excluding carboxylic acids is 1. The largest absolute Gasteiger partial charge is 0.390 e. The maximum atomic E-state index is 14.0. The summed E-state index contributed by atoms with van der Waals surface area (Å²) in [5.74, 6) is 1.89. The number of aryl methyl sites for hydroxylation is 2. The van der Waals surface area contributed by atoms with Crippen LogP contribution in [0.4, 0.5) is 5.69 Å². The third kappa shape index (κ3) is 2.56. The Kier molecular flexibility index (Phi) is 3.75. The minimum atomic E-state index is -0.413. The van der Waals surface area contributed by atoms with E-state index in [0.29, 0.717) is 28.2 Å². The van der Waals surface area contributed by atoms with Crippen LogP contribution in [0.15, 0.2) is 36.5 Å². The van der Waals surface area contributed by atoms with Crippen LogP contribution in [0.1, 0.15) is 57.2 Å². The molecule has 4 aromatic rings. The number of carbonyl (C=O) groups is 1. The molecule has 8 nitrogen and oxygen atoms in total. The van der Waals surface area contributed by atoms with Gasteiger partial charge in [0, 0.05) is 16.8 Å². The molecule has 1 aromatic carbocycles. The van der Waals surface area contributed by atoms with Crippen LogP contribution >= 0.6 is 11.6 Å². The van der Waals surface area contributed by atoms with E-state index in [9.17, 15) is 9.90 Å². The Bertz CT molecular complexity index is 1460. The first-order valence-electron chi connectivity index (χ1n) is 11.1. The summed E-state index contributed by atoms with van der Waals surface area (Å²) in [7, 11) is 0. The molecule has 3 aromatic heterocycles. The van der Waals surface area contributed by atoms with Gasteiger partial charge in [0.05, 0.1) is 30.1 Å². The lowest BCUT2D eigenvalue weighted by molar-refractivity contribution is 0.0982. The van der Waals surface area contributed by atoms with Crippen molar-refractivity contribution in [3.8, 4) is 0 Å². The van der Waals surface area contributed by atoms with Gasteiger partial charge in [-0.2, -0.15) is 5.10 Å². The molecule has 0 spiro atoms. The number of aliphatic hydroxyl groups is 1. The van der Waals surface area contributed by atoms with Crippen molar-refractivity contribution in [1.82, 2.24) is 24.4 Å². The normalized spacial score (nSPS) is 25.0. The molecule has 3 atom stereocenters. The summed E-state index contributed by atoms with van der Waals surface area (Å²) in [4.78, 5) is 15.8. The van der Waals surface area contributed by atoms with Crippen LogP contribution in [0.3, 0.4) is 0 Å². The lowest BCUT2D eigenvalue weighted by atomic mass is 9.98. The van der Waals surface area contributed by atoms with Gasteiger partial charge in [0.1, 0.15) is 11.5 Å². The molecule has 4 heterocycles. The molecule has 2 aliphatic carbocycles. The van der Waals surface area contributed by atoms with Crippen molar-refractivity contribution in [2.45, 2.75) is 39.0 Å². The molecule has 0 saturated heterocycles. The Morgan fingerprint density at radius 3 is 2.58 bits per heavy atom. The topological polar surface area (TPSA) is 88.6 Å². The molecular weight excluding hydrogens is 440 g/mol. The predicted octanol–water partition coefficient (Wildman–Crippen LogP) is 3.63. The number of aliphatic hydroxyl groups excluding tert-OH is 1. The monoisotopic (exact) mass is 460 g/mol. The number of hydrogen-bond acceptors (Lipinski definition) is 5. The fraction of sp³-hybridized carbons (Fsp3) is 0.333. The van der Waals surface area contributed by atoms with Crippen LogP contribution in [0.25, 0.3) is 5.65 Å². The zero-order valence-electron chi connectivity index (χ0n) is 18.1. The number of anilines is 1. The second-order valence-corrected chi connectivity index (χ2v) is 9.75. The van der Waals surface area contributed by atoms with Gasteiger partial charge in [-0.25, -0.2) is 0 Å². The lowest BCUT2D eigenvalue weighted by Crippen LogP contribution is -2.31. The minimum Gasteiger partial charge on any atom is -0.390 e. The maximum absolute atomic E-state index is 14.0. The predicted molar refractivity (Wildman–Crippen MR) is 121 cm³/mol. The summed E-state index contributed by atoms with van der Waals surface area (Å²) in [5.41, 5.74) is 5.30. The minimum absolute atomic E-state index is 0.104. The van der Waals surface area contributed by atoms with E-state index < -0.39 is 6.04 Å². The number of rotatable bonds is 4. The fourth-order valence-corrected chi connectivity index (χ4v) is 5.53. The molecule has 7 rings (SSSR count). The van der Waals surface area contributed by atoms with Crippen molar-refractivity contribution < 1.29 is 9.90 Å². The first kappa shape index (κ1) is 19.3. The molecule has 166 valence electrons. The van der Waals surface area contributed by atoms with Gasteiger partial charge in [0.15, 0.2) is 5.65 Å². The average Bonchev–Trinajstić information content (AvgIpc) is 3.60. The zero-order valence-corrected chi connectivity index (χ0v) is 18.9. The molecule has 2 fully saturated rings. The van der Waals surface area contributed by atoms with E-state index in [2.05, 4.69) is 10.2 Å². The maximum Gasteiger partial charge on any atom is 0.277 e. The van der Waals surface area contributed by atoms with Gasteiger partial charge in [-0.1, -0.05) is 23.7 Å². The van der Waals surface area contributed by atoms with E-state index in [1.165, 1.54) is 6.42 Å². The Balaban J connectivity index is 1.46. The molecule has 3 aliphatic rings. The molecule has 1 N–H and O–H groups in total. The number of amides is 1. The Hall–Kier alpha value is -3.23. The number of aromatic nitrogens is 5. The van der Waals surface area contributed by atoms with E-state index in [0.717, 1.165) is 33.8 Å². The number of pyridine rings is 1. The van der Waals surface area contributed by atoms with Crippen LogP contribution < -0.4 is 4.90 Å². The number of halogens is 1. The number of benzene rings is 1. The van der Waals surface area contributed by atoms with Crippen molar-refractivity contribution in [3.05, 3.63) is 75.5 Å². The molecular formula is C24H21ClN6O2. The van der Waals surface area contributed by atoms with E-state index >= 15 is 0 Å². The van der Waals surface area contributed by atoms with E-state index in [1.54, 1.807) is 0 Å². The van der Waals surface area contributed by atoms with Crippen LogP contribution in [-0.4, -0.2) is 35.4 Å². The van der Waals surface area contributed by atoms with Crippen LogP contribution in [0.5, 0.6) is 0 Å². The van der Waals surface area contributed by atoms with Crippen LogP contribution in [0.2, 0.25) is 5.02 Å². The van der Waals surface area contributed by atoms with Gasteiger partial charge in [-0.15, -0.1) is 10.2 Å². The van der Waals surface area contributed by atoms with E-state index in [-0.39, 0.29) is 18.6 Å². The first-order valence-corrected chi connectivity index (χ1v) is 11.5. The summed E-state index contributed by atoms with van der Waals surface area (Å²) in [6.07, 6.45) is 3.12. The molecule has 2 unspecified atom stereocenters. The zero-order chi connectivity index (χ0) is 22.6. The highest BCUT2D eigenvalue weighted by Crippen LogP contribution is 2.71. The summed E-state index contributed by atoms with van der Waals surface area (Å²) < 4.78 is 3.80. The van der Waals surface area contributed by atoms with Gasteiger partial charge < -0.3 is 5.11 Å². The van der Waals surface area contributed by atoms with Crippen molar-refractivity contribution in [2.75, 3.05) is 4.90 Å². The van der Waals surface area contributed by atoms with Gasteiger partial charge in [-0.05, 0) is 61.4 Å². The molecule has 0 bridgehead atoms. The third-order valence-corrected chi connectivity index (χ3v) is 7.60. The average molecular weight is 461 g/mol. The number of fused-ring (bicyclic) bond motifs is 3. The van der Waals surface area contributed by atoms with Crippen LogP contribution in [-0.2, 0) is 6.61 Å². The molecule has 1 aliphatic heterocycles. The van der Waals surface area contributed by atoms with Gasteiger partial charge >= 0.3 is 0 Å². The second kappa shape index (κ2) is 6.42. The smallest absolute Gasteiger partial charge is 0.277 e. The summed E-state index contributed by atoms with van der Waals surface area (Å²) in [5, 5.41) is 24.0. The fourth-order valence-electron chi connectivity index (χ4n) is 5.40. The number of nitrogens with zero attached hydrogens (tertiary/aromatic N) is 6. The van der Waals surface area contributed by atoms with Crippen molar-refractivity contribution in [1.29, 1.82) is 0 Å². The standard InChI is InChI=1S/C24H21ClN6O2/c1-11-7-15(9-29-12(2)26-27-23(11)29)30-20(13-3-5-14(25)6-4-13)19-18(10-32)28-31(22(19)24(30)33)21-16-8-17(16)21/h3-7,9,16-17,20-21,32H,8,10H2,1-2H3/t16?,17?,20-,21?/m1/s1.